The Morgan fingerprint density at radius 1 is 1.24 bits per heavy atom. The van der Waals surface area contributed by atoms with Gasteiger partial charge >= 0.3 is 11.5 Å². The van der Waals surface area contributed by atoms with Crippen LogP contribution in [0.4, 0.5) is 5.82 Å². The number of halogens is 2. The Hall–Kier alpha value is -2.46. The number of carbonyl (C=O) groups excluding carboxylic acids is 1. The number of fused-ring (bicyclic) bond motifs is 1. The van der Waals surface area contributed by atoms with Crippen LogP contribution in [0.15, 0.2) is 50.4 Å². The van der Waals surface area contributed by atoms with Crippen molar-refractivity contribution in [3.63, 3.8) is 0 Å². The predicted octanol–water partition coefficient (Wildman–Crippen LogP) is 2.38. The zero-order valence-electron chi connectivity index (χ0n) is 12.8. The van der Waals surface area contributed by atoms with Gasteiger partial charge in [0.05, 0.1) is 7.11 Å². The largest absolute Gasteiger partial charge is 0.501 e. The molecule has 0 bridgehead atoms. The van der Waals surface area contributed by atoms with Crippen molar-refractivity contribution in [2.75, 3.05) is 12.8 Å². The monoisotopic (exact) mass is 470 g/mol. The molecule has 0 spiro atoms. The van der Waals surface area contributed by atoms with E-state index in [2.05, 4.69) is 46.6 Å². The van der Waals surface area contributed by atoms with E-state index in [1.807, 2.05) is 6.07 Å². The normalized spacial score (nSPS) is 10.0. The molecule has 0 amide bonds. The first-order chi connectivity index (χ1) is 11.8. The number of pyridine rings is 2. The number of nitrogens with two attached hydrogens (primary N) is 1. The smallest absolute Gasteiger partial charge is 0.360 e. The van der Waals surface area contributed by atoms with Gasteiger partial charge in [-0.25, -0.2) is 14.8 Å². The second kappa shape index (κ2) is 8.08. The fraction of sp³-hybridized carbons (Fsp3) is 0.0667. The Bertz CT molecular complexity index is 953. The van der Waals surface area contributed by atoms with Gasteiger partial charge in [-0.2, -0.15) is 0 Å². The van der Waals surface area contributed by atoms with E-state index < -0.39 is 17.3 Å². The van der Waals surface area contributed by atoms with E-state index in [-0.39, 0.29) is 11.3 Å². The maximum atomic E-state index is 11.8. The number of hydrogen-bond acceptors (Lipinski definition) is 7. The van der Waals surface area contributed by atoms with Crippen LogP contribution < -0.4 is 11.3 Å². The average Bonchev–Trinajstić information content (AvgIpc) is 2.61. The van der Waals surface area contributed by atoms with Crippen molar-refractivity contribution in [1.29, 1.82) is 0 Å². The number of aromatic nitrogens is 3. The van der Waals surface area contributed by atoms with Gasteiger partial charge in [0.25, 0.3) is 0 Å². The van der Waals surface area contributed by atoms with E-state index in [1.165, 1.54) is 12.3 Å². The van der Waals surface area contributed by atoms with E-state index in [4.69, 9.17) is 5.73 Å². The fourth-order valence-electron chi connectivity index (χ4n) is 1.73. The summed E-state index contributed by atoms with van der Waals surface area (Å²) in [7, 11) is 1.15. The predicted molar refractivity (Wildman–Crippen MR) is 98.5 cm³/mol. The molecule has 0 unspecified atom stereocenters. The molecule has 0 saturated heterocycles. The van der Waals surface area contributed by atoms with Gasteiger partial charge in [0.1, 0.15) is 11.5 Å². The van der Waals surface area contributed by atoms with Crippen LogP contribution in [0, 0.1) is 0 Å². The Morgan fingerprint density at radius 3 is 2.48 bits per heavy atom. The van der Waals surface area contributed by atoms with Gasteiger partial charge < -0.3 is 15.6 Å². The molecule has 0 radical (unpaired) electrons. The van der Waals surface area contributed by atoms with E-state index >= 15 is 0 Å². The van der Waals surface area contributed by atoms with Crippen molar-refractivity contribution in [3.05, 3.63) is 61.7 Å². The fourth-order valence-corrected chi connectivity index (χ4v) is 2.30. The molecule has 3 rings (SSSR count). The first kappa shape index (κ1) is 18.9. The first-order valence-electron chi connectivity index (χ1n) is 6.69. The van der Waals surface area contributed by atoms with Crippen molar-refractivity contribution in [3.8, 4) is 5.75 Å². The van der Waals surface area contributed by atoms with Crippen molar-refractivity contribution in [1.82, 2.24) is 14.4 Å². The van der Waals surface area contributed by atoms with Crippen LogP contribution in [0.25, 0.3) is 5.65 Å². The lowest BCUT2D eigenvalue weighted by Gasteiger charge is -2.05. The molecular weight excluding hydrogens is 460 g/mol. The molecule has 130 valence electrons. The number of anilines is 1. The molecule has 3 aromatic rings. The molecule has 0 aliphatic rings. The second-order valence-electron chi connectivity index (χ2n) is 4.58. The number of carbonyl (C=O) groups is 1. The zero-order chi connectivity index (χ0) is 18.6. The van der Waals surface area contributed by atoms with E-state index in [0.717, 1.165) is 16.0 Å². The third kappa shape index (κ3) is 4.54. The molecule has 0 aliphatic heterocycles. The van der Waals surface area contributed by atoms with Gasteiger partial charge in [0.2, 0.25) is 5.75 Å². The maximum Gasteiger partial charge on any atom is 0.360 e. The highest BCUT2D eigenvalue weighted by atomic mass is 79.9. The molecule has 0 fully saturated rings. The number of nitrogen functional groups attached to an aromatic ring is 1. The van der Waals surface area contributed by atoms with Crippen LogP contribution in [0.5, 0.6) is 5.75 Å². The van der Waals surface area contributed by atoms with Crippen LogP contribution in [0.2, 0.25) is 0 Å². The number of hydrogen-bond donors (Lipinski definition) is 2. The molecule has 3 aromatic heterocycles. The highest BCUT2D eigenvalue weighted by molar-refractivity contribution is 9.10. The summed E-state index contributed by atoms with van der Waals surface area (Å²) in [5.74, 6) is -1.04. The summed E-state index contributed by atoms with van der Waals surface area (Å²) < 4.78 is 7.16. The lowest BCUT2D eigenvalue weighted by Crippen LogP contribution is -2.19. The van der Waals surface area contributed by atoms with E-state index in [9.17, 15) is 14.7 Å². The van der Waals surface area contributed by atoms with Gasteiger partial charge in [0.15, 0.2) is 5.69 Å². The molecule has 0 atom stereocenters. The second-order valence-corrected chi connectivity index (χ2v) is 6.41. The SMILES string of the molecule is COC(=O)c1nc2ccc(Br)cn2c(=O)c1O.Nc1ccc(Br)cn1. The molecule has 10 heteroatoms. The number of nitrogens with zero attached hydrogens (tertiary/aromatic N) is 3. The summed E-state index contributed by atoms with van der Waals surface area (Å²) in [4.78, 5) is 30.7. The lowest BCUT2D eigenvalue weighted by atomic mass is 10.3. The van der Waals surface area contributed by atoms with Crippen LogP contribution in [-0.2, 0) is 4.74 Å². The number of aromatic hydroxyl groups is 1. The minimum atomic E-state index is -0.856. The first-order valence-corrected chi connectivity index (χ1v) is 8.28. The zero-order valence-corrected chi connectivity index (χ0v) is 16.0. The summed E-state index contributed by atoms with van der Waals surface area (Å²) in [6.45, 7) is 0. The van der Waals surface area contributed by atoms with Crippen LogP contribution in [0.3, 0.4) is 0 Å². The number of methoxy groups -OCH3 is 1. The molecule has 3 N–H and O–H groups in total. The van der Waals surface area contributed by atoms with Crippen molar-refractivity contribution in [2.24, 2.45) is 0 Å². The Balaban J connectivity index is 0.000000236. The van der Waals surface area contributed by atoms with Crippen LogP contribution in [-0.4, -0.2) is 32.6 Å². The Kier molecular flexibility index (Phi) is 6.10. The number of ether oxygens (including phenoxy) is 1. The van der Waals surface area contributed by atoms with Gasteiger partial charge in [-0.05, 0) is 56.1 Å². The van der Waals surface area contributed by atoms with Crippen LogP contribution >= 0.6 is 31.9 Å². The summed E-state index contributed by atoms with van der Waals surface area (Å²) in [6.07, 6.45) is 3.11. The van der Waals surface area contributed by atoms with Gasteiger partial charge in [-0.15, -0.1) is 0 Å². The summed E-state index contributed by atoms with van der Waals surface area (Å²) in [5.41, 5.74) is 4.43. The molecule has 3 heterocycles. The number of rotatable bonds is 1. The van der Waals surface area contributed by atoms with E-state index in [0.29, 0.717) is 10.3 Å². The van der Waals surface area contributed by atoms with Crippen molar-refractivity contribution >= 4 is 49.3 Å². The van der Waals surface area contributed by atoms with Gasteiger partial charge in [0, 0.05) is 21.3 Å². The lowest BCUT2D eigenvalue weighted by molar-refractivity contribution is 0.0590. The third-order valence-corrected chi connectivity index (χ3v) is 3.83. The van der Waals surface area contributed by atoms with Crippen molar-refractivity contribution < 1.29 is 14.6 Å². The van der Waals surface area contributed by atoms with Crippen molar-refractivity contribution in [2.45, 2.75) is 0 Å². The quantitative estimate of drug-likeness (QED) is 0.522. The average molecular weight is 472 g/mol. The third-order valence-electron chi connectivity index (χ3n) is 2.89. The van der Waals surface area contributed by atoms with Crippen LogP contribution in [0.1, 0.15) is 10.5 Å². The summed E-state index contributed by atoms with van der Waals surface area (Å²) in [6, 6.07) is 6.80. The van der Waals surface area contributed by atoms with Gasteiger partial charge in [-0.3, -0.25) is 9.20 Å². The molecule has 25 heavy (non-hydrogen) atoms. The molecule has 8 nitrogen and oxygen atoms in total. The highest BCUT2D eigenvalue weighted by Gasteiger charge is 2.18. The molecule has 0 saturated carbocycles. The Labute approximate surface area is 158 Å². The maximum absolute atomic E-state index is 11.8. The van der Waals surface area contributed by atoms with E-state index in [1.54, 1.807) is 18.3 Å². The molecule has 0 aliphatic carbocycles. The summed E-state index contributed by atoms with van der Waals surface area (Å²) in [5, 5.41) is 9.58. The number of esters is 1. The standard InChI is InChI=1S/C10H7BrN2O4.C5H5BrN2/c1-17-10(16)7-8(14)9(15)13-4-5(11)2-3-6(13)12-7;6-4-1-2-5(7)8-3-4/h2-4,14H,1H3;1-3H,(H2,7,8). The topological polar surface area (TPSA) is 120 Å². The summed E-state index contributed by atoms with van der Waals surface area (Å²) >= 11 is 6.42. The minimum absolute atomic E-state index is 0.247. The van der Waals surface area contributed by atoms with Gasteiger partial charge in [-0.1, -0.05) is 0 Å². The highest BCUT2D eigenvalue weighted by Crippen LogP contribution is 2.14. The molecular formula is C15H12Br2N4O4. The minimum Gasteiger partial charge on any atom is -0.501 e. The Morgan fingerprint density at radius 2 is 1.92 bits per heavy atom. The molecule has 0 aromatic carbocycles.